The first kappa shape index (κ1) is 12.1. The Labute approximate surface area is 96.9 Å². The van der Waals surface area contributed by atoms with Gasteiger partial charge < -0.3 is 5.73 Å². The van der Waals surface area contributed by atoms with Gasteiger partial charge in [0.2, 0.25) is 0 Å². The Balaban J connectivity index is 2.84. The van der Waals surface area contributed by atoms with Crippen molar-refractivity contribution in [2.75, 3.05) is 0 Å². The van der Waals surface area contributed by atoms with Crippen molar-refractivity contribution in [3.63, 3.8) is 0 Å². The molecule has 0 spiro atoms. The van der Waals surface area contributed by atoms with E-state index in [2.05, 4.69) is 24.9 Å². The smallest absolute Gasteiger partial charge is 0.0819 e. The highest BCUT2D eigenvalue weighted by Crippen LogP contribution is 2.21. The molecule has 0 bridgehead atoms. The number of hydrogen-bond donors (Lipinski definition) is 1. The Morgan fingerprint density at radius 2 is 2.33 bits per heavy atom. The molecule has 0 amide bonds. The van der Waals surface area contributed by atoms with Crippen LogP contribution in [0.2, 0.25) is 0 Å². The van der Waals surface area contributed by atoms with Crippen LogP contribution in [0.25, 0.3) is 0 Å². The summed E-state index contributed by atoms with van der Waals surface area (Å²) in [7, 11) is 0. The van der Waals surface area contributed by atoms with Gasteiger partial charge in [-0.15, -0.1) is 0 Å². The molecule has 1 aromatic heterocycles. The molecule has 2 N–H and O–H groups in total. The Bertz CT molecular complexity index is 336. The molecule has 0 aromatic carbocycles. The molecule has 1 unspecified atom stereocenters. The van der Waals surface area contributed by atoms with Gasteiger partial charge in [-0.25, -0.2) is 0 Å². The lowest BCUT2D eigenvalue weighted by molar-refractivity contribution is 0.673. The van der Waals surface area contributed by atoms with Crippen molar-refractivity contribution in [1.82, 2.24) is 4.98 Å². The third-order valence-corrected chi connectivity index (χ3v) is 2.77. The minimum absolute atomic E-state index is 0.139. The van der Waals surface area contributed by atoms with Crippen LogP contribution in [-0.2, 0) is 0 Å². The number of nitrogens with zero attached hydrogens (tertiary/aromatic N) is 1. The molecule has 0 radical (unpaired) electrons. The summed E-state index contributed by atoms with van der Waals surface area (Å²) >= 11 is 5.09. The van der Waals surface area contributed by atoms with Crippen molar-refractivity contribution in [3.05, 3.63) is 29.6 Å². The van der Waals surface area contributed by atoms with Crippen molar-refractivity contribution in [2.45, 2.75) is 39.0 Å². The highest BCUT2D eigenvalue weighted by atomic mass is 32.1. The Hall–Kier alpha value is -0.960. The normalized spacial score (nSPS) is 12.4. The Kier molecular flexibility index (Phi) is 4.69. The van der Waals surface area contributed by atoms with Gasteiger partial charge in [-0.3, -0.25) is 4.98 Å². The third kappa shape index (κ3) is 3.59. The van der Waals surface area contributed by atoms with Crippen LogP contribution in [0, 0.1) is 6.92 Å². The van der Waals surface area contributed by atoms with Gasteiger partial charge in [0, 0.05) is 6.20 Å². The van der Waals surface area contributed by atoms with Gasteiger partial charge in [0.1, 0.15) is 0 Å². The average molecular weight is 222 g/mol. The zero-order chi connectivity index (χ0) is 11.3. The van der Waals surface area contributed by atoms with Gasteiger partial charge in [-0.2, -0.15) is 0 Å². The van der Waals surface area contributed by atoms with E-state index in [0.29, 0.717) is 4.99 Å². The maximum atomic E-state index is 5.75. The summed E-state index contributed by atoms with van der Waals surface area (Å²) in [4.78, 5) is 4.90. The molecule has 2 nitrogen and oxygen atoms in total. The minimum atomic E-state index is 0.139. The molecule has 0 aliphatic carbocycles. The standard InChI is InChI=1S/C12H18N2S/c1-3-4-5-10(12(13)15)11-8-9(2)6-7-14-11/h6-8,10H,3-5H2,1-2H3,(H2,13,15). The molecule has 3 heteroatoms. The fraction of sp³-hybridized carbons (Fsp3) is 0.500. The second-order valence-corrected chi connectivity index (χ2v) is 4.33. The van der Waals surface area contributed by atoms with Crippen molar-refractivity contribution in [1.29, 1.82) is 0 Å². The van der Waals surface area contributed by atoms with E-state index < -0.39 is 0 Å². The summed E-state index contributed by atoms with van der Waals surface area (Å²) in [6, 6.07) is 4.05. The monoisotopic (exact) mass is 222 g/mol. The number of hydrogen-bond acceptors (Lipinski definition) is 2. The van der Waals surface area contributed by atoms with Gasteiger partial charge in [0.15, 0.2) is 0 Å². The van der Waals surface area contributed by atoms with Crippen LogP contribution in [0.15, 0.2) is 18.3 Å². The third-order valence-electron chi connectivity index (χ3n) is 2.48. The van der Waals surface area contributed by atoms with E-state index >= 15 is 0 Å². The molecule has 0 aliphatic heterocycles. The lowest BCUT2D eigenvalue weighted by atomic mass is 9.97. The molecule has 0 aliphatic rings. The summed E-state index contributed by atoms with van der Waals surface area (Å²) < 4.78 is 0. The van der Waals surface area contributed by atoms with Gasteiger partial charge in [-0.05, 0) is 31.0 Å². The first-order chi connectivity index (χ1) is 7.15. The van der Waals surface area contributed by atoms with Crippen LogP contribution in [0.3, 0.4) is 0 Å². The van der Waals surface area contributed by atoms with Gasteiger partial charge in [-0.1, -0.05) is 32.0 Å². The van der Waals surface area contributed by atoms with E-state index in [-0.39, 0.29) is 5.92 Å². The first-order valence-corrected chi connectivity index (χ1v) is 5.77. The van der Waals surface area contributed by atoms with Crippen LogP contribution < -0.4 is 5.73 Å². The van der Waals surface area contributed by atoms with E-state index in [4.69, 9.17) is 18.0 Å². The van der Waals surface area contributed by atoms with Gasteiger partial charge in [0.05, 0.1) is 16.6 Å². The number of pyridine rings is 1. The summed E-state index contributed by atoms with van der Waals surface area (Å²) in [6.45, 7) is 4.22. The highest BCUT2D eigenvalue weighted by Gasteiger charge is 2.15. The molecular formula is C12H18N2S. The van der Waals surface area contributed by atoms with E-state index in [1.54, 1.807) is 0 Å². The maximum Gasteiger partial charge on any atom is 0.0819 e. The lowest BCUT2D eigenvalue weighted by Crippen LogP contribution is -2.20. The summed E-state index contributed by atoms with van der Waals surface area (Å²) in [6.07, 6.45) is 5.12. The minimum Gasteiger partial charge on any atom is -0.393 e. The second kappa shape index (κ2) is 5.81. The van der Waals surface area contributed by atoms with Crippen molar-refractivity contribution >= 4 is 17.2 Å². The zero-order valence-electron chi connectivity index (χ0n) is 9.36. The van der Waals surface area contributed by atoms with E-state index in [1.165, 1.54) is 5.56 Å². The largest absolute Gasteiger partial charge is 0.393 e. The SMILES string of the molecule is CCCCC(C(N)=S)c1cc(C)ccn1. The van der Waals surface area contributed by atoms with Gasteiger partial charge >= 0.3 is 0 Å². The van der Waals surface area contributed by atoms with Crippen molar-refractivity contribution in [2.24, 2.45) is 5.73 Å². The molecule has 0 saturated carbocycles. The van der Waals surface area contributed by atoms with E-state index in [9.17, 15) is 0 Å². The van der Waals surface area contributed by atoms with Crippen molar-refractivity contribution in [3.8, 4) is 0 Å². The van der Waals surface area contributed by atoms with Gasteiger partial charge in [0.25, 0.3) is 0 Å². The number of rotatable bonds is 5. The van der Waals surface area contributed by atoms with Crippen LogP contribution in [0.5, 0.6) is 0 Å². The van der Waals surface area contributed by atoms with Crippen LogP contribution in [0.4, 0.5) is 0 Å². The van der Waals surface area contributed by atoms with Crippen LogP contribution in [-0.4, -0.2) is 9.97 Å². The Morgan fingerprint density at radius 3 is 2.87 bits per heavy atom. The summed E-state index contributed by atoms with van der Waals surface area (Å²) in [5.74, 6) is 0.139. The fourth-order valence-electron chi connectivity index (χ4n) is 1.59. The predicted molar refractivity (Wildman–Crippen MR) is 68.0 cm³/mol. The Morgan fingerprint density at radius 1 is 1.60 bits per heavy atom. The molecular weight excluding hydrogens is 204 g/mol. The molecule has 0 fully saturated rings. The van der Waals surface area contributed by atoms with E-state index in [1.807, 2.05) is 12.3 Å². The first-order valence-electron chi connectivity index (χ1n) is 5.37. The molecule has 15 heavy (non-hydrogen) atoms. The zero-order valence-corrected chi connectivity index (χ0v) is 10.2. The molecule has 0 saturated heterocycles. The van der Waals surface area contributed by atoms with Crippen LogP contribution >= 0.6 is 12.2 Å². The predicted octanol–water partition coefficient (Wildman–Crippen LogP) is 2.95. The highest BCUT2D eigenvalue weighted by molar-refractivity contribution is 7.80. The van der Waals surface area contributed by atoms with Crippen molar-refractivity contribution < 1.29 is 0 Å². The topological polar surface area (TPSA) is 38.9 Å². The van der Waals surface area contributed by atoms with E-state index in [0.717, 1.165) is 25.0 Å². The average Bonchev–Trinajstić information content (AvgIpc) is 2.18. The molecule has 1 aromatic rings. The molecule has 1 atom stereocenters. The van der Waals surface area contributed by atoms with Crippen LogP contribution in [0.1, 0.15) is 43.4 Å². The summed E-state index contributed by atoms with van der Waals surface area (Å²) in [5, 5.41) is 0. The number of aromatic nitrogens is 1. The summed E-state index contributed by atoms with van der Waals surface area (Å²) in [5.41, 5.74) is 7.97. The fourth-order valence-corrected chi connectivity index (χ4v) is 1.83. The lowest BCUT2D eigenvalue weighted by Gasteiger charge is -2.14. The number of unbranched alkanes of at least 4 members (excludes halogenated alkanes) is 1. The number of thiocarbonyl (C=S) groups is 1. The molecule has 1 rings (SSSR count). The maximum absolute atomic E-state index is 5.75. The molecule has 1 heterocycles. The number of aryl methyl sites for hydroxylation is 1. The quantitative estimate of drug-likeness (QED) is 0.778. The second-order valence-electron chi connectivity index (χ2n) is 3.86. The molecule has 82 valence electrons. The number of nitrogens with two attached hydrogens (primary N) is 1.